The maximum absolute atomic E-state index is 10.9. The molecule has 5 nitrogen and oxygen atoms in total. The highest BCUT2D eigenvalue weighted by atomic mass is 16.2. The zero-order valence-corrected chi connectivity index (χ0v) is 6.29. The third kappa shape index (κ3) is 1.05. The number of hydrogen-bond donors (Lipinski definition) is 3. The van der Waals surface area contributed by atoms with Crippen LogP contribution in [0.3, 0.4) is 0 Å². The Labute approximate surface area is 69.0 Å². The van der Waals surface area contributed by atoms with Gasteiger partial charge in [0.05, 0.1) is 24.1 Å². The second-order valence-electron chi connectivity index (χ2n) is 2.56. The van der Waals surface area contributed by atoms with E-state index in [1.54, 1.807) is 6.07 Å². The smallest absolute Gasteiger partial charge is 0.243 e. The van der Waals surface area contributed by atoms with Crippen molar-refractivity contribution in [2.75, 3.05) is 22.9 Å². The Bertz CT molecular complexity index is 336. The van der Waals surface area contributed by atoms with Crippen LogP contribution in [0.5, 0.6) is 0 Å². The fourth-order valence-corrected chi connectivity index (χ4v) is 1.09. The van der Waals surface area contributed by atoms with Gasteiger partial charge in [-0.3, -0.25) is 4.79 Å². The number of fused-ring (bicyclic) bond motifs is 1. The van der Waals surface area contributed by atoms with Crippen LogP contribution >= 0.6 is 0 Å². The topological polar surface area (TPSA) is 80.0 Å². The minimum atomic E-state index is -0.0610. The van der Waals surface area contributed by atoms with Gasteiger partial charge < -0.3 is 16.4 Å². The van der Waals surface area contributed by atoms with Crippen LogP contribution in [0.1, 0.15) is 0 Å². The molecule has 0 saturated carbocycles. The van der Waals surface area contributed by atoms with Crippen molar-refractivity contribution in [2.45, 2.75) is 0 Å². The molecule has 2 rings (SSSR count). The monoisotopic (exact) mass is 164 g/mol. The van der Waals surface area contributed by atoms with E-state index in [0.717, 1.165) is 5.69 Å². The number of amides is 1. The van der Waals surface area contributed by atoms with E-state index in [2.05, 4.69) is 15.6 Å². The Morgan fingerprint density at radius 3 is 3.17 bits per heavy atom. The zero-order chi connectivity index (χ0) is 8.55. The number of anilines is 3. The van der Waals surface area contributed by atoms with Crippen molar-refractivity contribution < 1.29 is 4.79 Å². The number of aromatic nitrogens is 1. The molecule has 1 amide bonds. The van der Waals surface area contributed by atoms with Crippen LogP contribution in [-0.4, -0.2) is 17.4 Å². The lowest BCUT2D eigenvalue weighted by molar-refractivity contribution is -0.114. The number of carbonyl (C=O) groups excluding carboxylic acids is 1. The summed E-state index contributed by atoms with van der Waals surface area (Å²) >= 11 is 0. The van der Waals surface area contributed by atoms with Gasteiger partial charge in [0.2, 0.25) is 5.91 Å². The maximum Gasteiger partial charge on any atom is 0.243 e. The van der Waals surface area contributed by atoms with Crippen molar-refractivity contribution in [3.8, 4) is 0 Å². The largest absolute Gasteiger partial charge is 0.384 e. The Morgan fingerprint density at radius 2 is 2.33 bits per heavy atom. The molecule has 0 aromatic carbocycles. The van der Waals surface area contributed by atoms with Crippen molar-refractivity contribution in [2.24, 2.45) is 0 Å². The van der Waals surface area contributed by atoms with Gasteiger partial charge >= 0.3 is 0 Å². The van der Waals surface area contributed by atoms with Gasteiger partial charge in [-0.15, -0.1) is 0 Å². The Kier molecular flexibility index (Phi) is 1.36. The van der Waals surface area contributed by atoms with E-state index in [1.165, 1.54) is 6.20 Å². The van der Waals surface area contributed by atoms with Crippen LogP contribution in [0.4, 0.5) is 17.2 Å². The van der Waals surface area contributed by atoms with Crippen molar-refractivity contribution in [1.82, 2.24) is 4.98 Å². The molecule has 2 heterocycles. The van der Waals surface area contributed by atoms with E-state index in [1.807, 2.05) is 0 Å². The second kappa shape index (κ2) is 2.37. The van der Waals surface area contributed by atoms with Gasteiger partial charge in [-0.25, -0.2) is 4.98 Å². The molecule has 1 aliphatic heterocycles. The van der Waals surface area contributed by atoms with E-state index in [0.29, 0.717) is 11.5 Å². The van der Waals surface area contributed by atoms with Gasteiger partial charge in [0.1, 0.15) is 5.82 Å². The molecular formula is C7H8N4O. The second-order valence-corrected chi connectivity index (χ2v) is 2.56. The predicted molar refractivity (Wildman–Crippen MR) is 45.8 cm³/mol. The summed E-state index contributed by atoms with van der Waals surface area (Å²) in [5.41, 5.74) is 6.96. The number of nitrogen functional groups attached to an aromatic ring is 1. The normalized spacial score (nSPS) is 14.5. The maximum atomic E-state index is 10.9. The van der Waals surface area contributed by atoms with Gasteiger partial charge in [-0.05, 0) is 0 Å². The van der Waals surface area contributed by atoms with Crippen molar-refractivity contribution in [1.29, 1.82) is 0 Å². The van der Waals surface area contributed by atoms with Crippen LogP contribution < -0.4 is 16.4 Å². The molecular weight excluding hydrogens is 156 g/mol. The third-order valence-electron chi connectivity index (χ3n) is 1.64. The first-order valence-electron chi connectivity index (χ1n) is 3.55. The van der Waals surface area contributed by atoms with Crippen LogP contribution in [0.2, 0.25) is 0 Å². The first-order chi connectivity index (χ1) is 5.75. The molecule has 62 valence electrons. The summed E-state index contributed by atoms with van der Waals surface area (Å²) < 4.78 is 0. The lowest BCUT2D eigenvalue weighted by Gasteiger charge is -2.17. The highest BCUT2D eigenvalue weighted by molar-refractivity contribution is 6.00. The number of nitrogens with two attached hydrogens (primary N) is 1. The average molecular weight is 164 g/mol. The molecule has 0 atom stereocenters. The lowest BCUT2D eigenvalue weighted by Crippen LogP contribution is -2.27. The molecule has 0 spiro atoms. The van der Waals surface area contributed by atoms with E-state index in [4.69, 9.17) is 5.73 Å². The van der Waals surface area contributed by atoms with Crippen molar-refractivity contribution in [3.05, 3.63) is 12.3 Å². The summed E-state index contributed by atoms with van der Waals surface area (Å²) in [6.45, 7) is 0.288. The molecule has 1 aromatic rings. The van der Waals surface area contributed by atoms with E-state index in [-0.39, 0.29) is 12.5 Å². The molecule has 12 heavy (non-hydrogen) atoms. The SMILES string of the molecule is Nc1cc2c(cn1)NC(=O)CN2. The quantitative estimate of drug-likeness (QED) is 0.505. The van der Waals surface area contributed by atoms with Gasteiger partial charge in [0.25, 0.3) is 0 Å². The fourth-order valence-electron chi connectivity index (χ4n) is 1.09. The molecule has 0 saturated heterocycles. The summed E-state index contributed by atoms with van der Waals surface area (Å²) in [7, 11) is 0. The van der Waals surface area contributed by atoms with Gasteiger partial charge in [0, 0.05) is 6.07 Å². The van der Waals surface area contributed by atoms with Gasteiger partial charge in [-0.1, -0.05) is 0 Å². The van der Waals surface area contributed by atoms with E-state index in [9.17, 15) is 4.79 Å². The summed E-state index contributed by atoms with van der Waals surface area (Å²) in [6.07, 6.45) is 1.54. The summed E-state index contributed by atoms with van der Waals surface area (Å²) in [5.74, 6) is 0.381. The number of nitrogens with one attached hydrogen (secondary N) is 2. The number of carbonyl (C=O) groups is 1. The van der Waals surface area contributed by atoms with Crippen LogP contribution in [-0.2, 0) is 4.79 Å². The van der Waals surface area contributed by atoms with Gasteiger partial charge in [-0.2, -0.15) is 0 Å². The number of hydrogen-bond acceptors (Lipinski definition) is 4. The van der Waals surface area contributed by atoms with Crippen LogP contribution in [0.25, 0.3) is 0 Å². The number of rotatable bonds is 0. The molecule has 0 unspecified atom stereocenters. The van der Waals surface area contributed by atoms with Crippen molar-refractivity contribution >= 4 is 23.1 Å². The highest BCUT2D eigenvalue weighted by Gasteiger charge is 2.13. The minimum Gasteiger partial charge on any atom is -0.384 e. The highest BCUT2D eigenvalue weighted by Crippen LogP contribution is 2.24. The predicted octanol–water partition coefficient (Wildman–Crippen LogP) is 0.0278. The zero-order valence-electron chi connectivity index (χ0n) is 6.29. The standard InChI is InChI=1S/C7H8N4O/c8-6-1-4-5(2-10-6)11-7(12)3-9-4/h1-2,9H,3H2,(H2,8,10)(H,11,12). The third-order valence-corrected chi connectivity index (χ3v) is 1.64. The molecule has 5 heteroatoms. The summed E-state index contributed by atoms with van der Waals surface area (Å²) in [4.78, 5) is 14.7. The Hall–Kier alpha value is -1.78. The molecule has 4 N–H and O–H groups in total. The Balaban J connectivity index is 2.43. The lowest BCUT2D eigenvalue weighted by atomic mass is 10.3. The first-order valence-corrected chi connectivity index (χ1v) is 3.55. The average Bonchev–Trinajstić information content (AvgIpc) is 2.05. The summed E-state index contributed by atoms with van der Waals surface area (Å²) in [5, 5.41) is 5.59. The summed E-state index contributed by atoms with van der Waals surface area (Å²) in [6, 6.07) is 1.69. The fraction of sp³-hybridized carbons (Fsp3) is 0.143. The minimum absolute atomic E-state index is 0.0610. The first kappa shape index (κ1) is 6.90. The molecule has 1 aromatic heterocycles. The van der Waals surface area contributed by atoms with E-state index < -0.39 is 0 Å². The molecule has 0 fully saturated rings. The number of nitrogens with zero attached hydrogens (tertiary/aromatic N) is 1. The molecule has 0 bridgehead atoms. The van der Waals surface area contributed by atoms with Crippen LogP contribution in [0.15, 0.2) is 12.3 Å². The van der Waals surface area contributed by atoms with Crippen molar-refractivity contribution in [3.63, 3.8) is 0 Å². The Morgan fingerprint density at radius 1 is 1.50 bits per heavy atom. The van der Waals surface area contributed by atoms with E-state index >= 15 is 0 Å². The number of pyridine rings is 1. The molecule has 0 aliphatic carbocycles. The van der Waals surface area contributed by atoms with Crippen LogP contribution in [0, 0.1) is 0 Å². The molecule has 0 radical (unpaired) electrons. The molecule has 1 aliphatic rings. The van der Waals surface area contributed by atoms with Gasteiger partial charge in [0.15, 0.2) is 0 Å².